The van der Waals surface area contributed by atoms with E-state index in [9.17, 15) is 13.2 Å². The molecule has 1 aromatic rings. The topological polar surface area (TPSA) is 29.5 Å². The van der Waals surface area contributed by atoms with Gasteiger partial charge in [0, 0.05) is 6.07 Å². The molecule has 0 bridgehead atoms. The van der Waals surface area contributed by atoms with Gasteiger partial charge in [0.25, 0.3) is 0 Å². The molecule has 0 radical (unpaired) electrons. The molecule has 1 rings (SSSR count). The van der Waals surface area contributed by atoms with Crippen molar-refractivity contribution < 1.29 is 23.0 Å². The van der Waals surface area contributed by atoms with Crippen molar-refractivity contribution in [1.29, 1.82) is 0 Å². The van der Waals surface area contributed by atoms with Crippen molar-refractivity contribution in [2.75, 3.05) is 7.11 Å². The van der Waals surface area contributed by atoms with E-state index in [1.165, 1.54) is 7.11 Å². The molecular weight excluding hydrogens is 221 g/mol. The first kappa shape index (κ1) is 11.0. The smallest absolute Gasteiger partial charge is 0.420 e. The number of phenolic OH excluding ortho intramolecular Hbond substituents is 1. The molecule has 1 aromatic carbocycles. The first-order chi connectivity index (χ1) is 6.36. The Balaban J connectivity index is 3.35. The van der Waals surface area contributed by atoms with E-state index in [1.807, 2.05) is 0 Å². The molecule has 1 N–H and O–H groups in total. The van der Waals surface area contributed by atoms with Crippen molar-refractivity contribution in [3.8, 4) is 11.5 Å². The minimum Gasteiger partial charge on any atom is -0.506 e. The predicted molar refractivity (Wildman–Crippen MR) is 44.7 cm³/mol. The first-order valence-electron chi connectivity index (χ1n) is 3.50. The standard InChI is InChI=1S/C8H6ClF3O2/c1-14-4-2-5(8(10,11)12)7(13)6(9)3-4/h2-3,13H,1H3. The zero-order valence-corrected chi connectivity index (χ0v) is 7.78. The van der Waals surface area contributed by atoms with Gasteiger partial charge < -0.3 is 9.84 Å². The van der Waals surface area contributed by atoms with Crippen LogP contribution in [0.1, 0.15) is 5.56 Å². The van der Waals surface area contributed by atoms with Crippen LogP contribution < -0.4 is 4.74 Å². The monoisotopic (exact) mass is 226 g/mol. The molecule has 0 aliphatic heterocycles. The molecule has 6 heteroatoms. The van der Waals surface area contributed by atoms with Gasteiger partial charge in [0.2, 0.25) is 0 Å². The van der Waals surface area contributed by atoms with Gasteiger partial charge in [0.15, 0.2) is 0 Å². The Morgan fingerprint density at radius 3 is 2.36 bits per heavy atom. The fourth-order valence-corrected chi connectivity index (χ4v) is 1.12. The summed E-state index contributed by atoms with van der Waals surface area (Å²) in [6.07, 6.45) is -4.65. The van der Waals surface area contributed by atoms with Gasteiger partial charge in [-0.05, 0) is 6.07 Å². The zero-order chi connectivity index (χ0) is 10.9. The van der Waals surface area contributed by atoms with E-state index in [0.717, 1.165) is 6.07 Å². The third-order valence-corrected chi connectivity index (χ3v) is 1.87. The van der Waals surface area contributed by atoms with Crippen LogP contribution in [-0.4, -0.2) is 12.2 Å². The molecule has 0 saturated carbocycles. The Morgan fingerprint density at radius 1 is 1.36 bits per heavy atom. The molecule has 2 nitrogen and oxygen atoms in total. The maximum absolute atomic E-state index is 12.3. The number of ether oxygens (including phenoxy) is 1. The molecule has 0 unspecified atom stereocenters. The van der Waals surface area contributed by atoms with Crippen LogP contribution in [0.25, 0.3) is 0 Å². The molecular formula is C8H6ClF3O2. The minimum absolute atomic E-state index is 0.0554. The summed E-state index contributed by atoms with van der Waals surface area (Å²) in [5.74, 6) is -1.04. The quantitative estimate of drug-likeness (QED) is 0.797. The average Bonchev–Trinajstić information content (AvgIpc) is 2.07. The van der Waals surface area contributed by atoms with E-state index < -0.39 is 22.5 Å². The summed E-state index contributed by atoms with van der Waals surface area (Å²) in [4.78, 5) is 0. The van der Waals surface area contributed by atoms with Gasteiger partial charge >= 0.3 is 6.18 Å². The van der Waals surface area contributed by atoms with Crippen LogP contribution >= 0.6 is 11.6 Å². The molecule has 0 saturated heterocycles. The van der Waals surface area contributed by atoms with Gasteiger partial charge in [-0.3, -0.25) is 0 Å². The number of aromatic hydroxyl groups is 1. The lowest BCUT2D eigenvalue weighted by molar-refractivity contribution is -0.138. The highest BCUT2D eigenvalue weighted by molar-refractivity contribution is 6.32. The highest BCUT2D eigenvalue weighted by Gasteiger charge is 2.35. The van der Waals surface area contributed by atoms with Crippen LogP contribution in [0, 0.1) is 0 Å². The maximum Gasteiger partial charge on any atom is 0.420 e. The molecule has 78 valence electrons. The van der Waals surface area contributed by atoms with E-state index in [0.29, 0.717) is 6.07 Å². The zero-order valence-electron chi connectivity index (χ0n) is 7.02. The van der Waals surface area contributed by atoms with Gasteiger partial charge in [-0.25, -0.2) is 0 Å². The van der Waals surface area contributed by atoms with Crippen molar-refractivity contribution in [1.82, 2.24) is 0 Å². The Labute approximate surface area is 82.9 Å². The van der Waals surface area contributed by atoms with Crippen LogP contribution in [0.5, 0.6) is 11.5 Å². The van der Waals surface area contributed by atoms with Gasteiger partial charge in [-0.15, -0.1) is 0 Å². The van der Waals surface area contributed by atoms with Crippen molar-refractivity contribution in [3.05, 3.63) is 22.7 Å². The molecule has 0 aliphatic rings. The highest BCUT2D eigenvalue weighted by atomic mass is 35.5. The van der Waals surface area contributed by atoms with Crippen molar-refractivity contribution in [2.24, 2.45) is 0 Å². The van der Waals surface area contributed by atoms with Crippen LogP contribution in [0.3, 0.4) is 0 Å². The van der Waals surface area contributed by atoms with Gasteiger partial charge in [0.05, 0.1) is 12.1 Å². The number of methoxy groups -OCH3 is 1. The summed E-state index contributed by atoms with van der Waals surface area (Å²) in [6.45, 7) is 0. The number of phenols is 1. The van der Waals surface area contributed by atoms with Crippen LogP contribution in [0.2, 0.25) is 5.02 Å². The van der Waals surface area contributed by atoms with Crippen molar-refractivity contribution >= 4 is 11.6 Å². The summed E-state index contributed by atoms with van der Waals surface area (Å²) in [5, 5.41) is 8.65. The average molecular weight is 227 g/mol. The largest absolute Gasteiger partial charge is 0.506 e. The normalized spacial score (nSPS) is 11.5. The van der Waals surface area contributed by atoms with Gasteiger partial charge in [-0.2, -0.15) is 13.2 Å². The molecule has 0 spiro atoms. The lowest BCUT2D eigenvalue weighted by atomic mass is 10.2. The molecule has 0 amide bonds. The summed E-state index contributed by atoms with van der Waals surface area (Å²) in [7, 11) is 1.21. The maximum atomic E-state index is 12.3. The third-order valence-electron chi connectivity index (χ3n) is 1.58. The number of benzene rings is 1. The van der Waals surface area contributed by atoms with Crippen molar-refractivity contribution in [2.45, 2.75) is 6.18 Å². The molecule has 0 aromatic heterocycles. The van der Waals surface area contributed by atoms with Crippen LogP contribution in [-0.2, 0) is 6.18 Å². The Hall–Kier alpha value is -1.10. The number of hydrogen-bond donors (Lipinski definition) is 1. The van der Waals surface area contributed by atoms with Gasteiger partial charge in [-0.1, -0.05) is 11.6 Å². The van der Waals surface area contributed by atoms with Crippen molar-refractivity contribution in [3.63, 3.8) is 0 Å². The van der Waals surface area contributed by atoms with Crippen LogP contribution in [0.15, 0.2) is 12.1 Å². The fourth-order valence-electron chi connectivity index (χ4n) is 0.908. The summed E-state index contributed by atoms with van der Waals surface area (Å²) in [6, 6.07) is 1.79. The lowest BCUT2D eigenvalue weighted by Crippen LogP contribution is -2.05. The second kappa shape index (κ2) is 3.57. The second-order valence-electron chi connectivity index (χ2n) is 2.50. The van der Waals surface area contributed by atoms with Crippen LogP contribution in [0.4, 0.5) is 13.2 Å². The summed E-state index contributed by atoms with van der Waals surface area (Å²) in [5.41, 5.74) is -1.21. The summed E-state index contributed by atoms with van der Waals surface area (Å²) < 4.78 is 41.4. The number of hydrogen-bond acceptors (Lipinski definition) is 2. The highest BCUT2D eigenvalue weighted by Crippen LogP contribution is 2.41. The number of alkyl halides is 3. The first-order valence-corrected chi connectivity index (χ1v) is 3.87. The second-order valence-corrected chi connectivity index (χ2v) is 2.91. The number of halogens is 4. The van der Waals surface area contributed by atoms with E-state index >= 15 is 0 Å². The number of rotatable bonds is 1. The molecule has 0 fully saturated rings. The molecule has 0 aliphatic carbocycles. The lowest BCUT2D eigenvalue weighted by Gasteiger charge is -2.11. The Morgan fingerprint density at radius 2 is 1.93 bits per heavy atom. The molecule has 14 heavy (non-hydrogen) atoms. The molecule has 0 atom stereocenters. The predicted octanol–water partition coefficient (Wildman–Crippen LogP) is 3.07. The molecule has 0 heterocycles. The summed E-state index contributed by atoms with van der Waals surface area (Å²) >= 11 is 5.37. The van der Waals surface area contributed by atoms with E-state index in [2.05, 4.69) is 4.74 Å². The fraction of sp³-hybridized carbons (Fsp3) is 0.250. The van der Waals surface area contributed by atoms with E-state index in [-0.39, 0.29) is 5.75 Å². The van der Waals surface area contributed by atoms with Gasteiger partial charge in [0.1, 0.15) is 17.1 Å². The SMILES string of the molecule is COc1cc(Cl)c(O)c(C(F)(F)F)c1. The Bertz CT molecular complexity index is 349. The minimum atomic E-state index is -4.65. The third kappa shape index (κ3) is 2.04. The Kier molecular flexibility index (Phi) is 2.80. The van der Waals surface area contributed by atoms with E-state index in [1.54, 1.807) is 0 Å². The van der Waals surface area contributed by atoms with E-state index in [4.69, 9.17) is 16.7 Å².